The minimum atomic E-state index is -5.27. The summed E-state index contributed by atoms with van der Waals surface area (Å²) < 4.78 is 64.7. The second kappa shape index (κ2) is 2.11. The van der Waals surface area contributed by atoms with Gasteiger partial charge in [-0.25, -0.2) is 26.3 Å². The first-order chi connectivity index (χ1) is 3.71. The van der Waals surface area contributed by atoms with Gasteiger partial charge in [0, 0.05) is 0 Å². The van der Waals surface area contributed by atoms with Crippen LogP contribution in [0.3, 0.4) is 0 Å². The summed E-state index contributed by atoms with van der Waals surface area (Å²) in [5, 5.41) is 0. The van der Waals surface area contributed by atoms with Crippen molar-refractivity contribution in [2.75, 3.05) is 0 Å². The molecule has 2 radical (unpaired) electrons. The Hall–Kier alpha value is -0.355. The fraction of sp³-hybridized carbons (Fsp3) is 1.00. The summed E-state index contributed by atoms with van der Waals surface area (Å²) in [5.74, 6) is 0. The van der Waals surface area contributed by atoms with Gasteiger partial charge in [-0.05, 0) is 0 Å². The predicted octanol–water partition coefficient (Wildman–Crippen LogP) is 1.73. The zero-order valence-corrected chi connectivity index (χ0v) is 3.85. The zero-order valence-electron chi connectivity index (χ0n) is 3.85. The lowest BCUT2D eigenvalue weighted by Gasteiger charge is -2.22. The lowest BCUT2D eigenvalue weighted by Crippen LogP contribution is -2.32. The highest BCUT2D eigenvalue weighted by Gasteiger charge is 2.27. The van der Waals surface area contributed by atoms with E-state index in [4.69, 9.17) is 0 Å². The molecule has 0 aromatic heterocycles. The second-order valence-corrected chi connectivity index (χ2v) is 1.23. The summed E-state index contributed by atoms with van der Waals surface area (Å²) in [6.45, 7) is 0. The molecule has 0 unspecified atom stereocenters. The Bertz CT molecular complexity index is 76.2. The Labute approximate surface area is 47.1 Å². The third-order valence-electron chi connectivity index (χ3n) is 0.327. The number of halogens is 6. The summed E-state index contributed by atoms with van der Waals surface area (Å²) in [4.78, 5) is 0. The van der Waals surface area contributed by atoms with Gasteiger partial charge in [0.05, 0.1) is 0 Å². The summed E-state index contributed by atoms with van der Waals surface area (Å²) >= 11 is 0. The summed E-state index contributed by atoms with van der Waals surface area (Å²) in [6, 6.07) is 0. The monoisotopic (exact) mass is 149 g/mol. The molecule has 0 heterocycles. The van der Waals surface area contributed by atoms with Gasteiger partial charge in [-0.1, -0.05) is 7.28 Å². The van der Waals surface area contributed by atoms with E-state index in [9.17, 15) is 26.3 Å². The van der Waals surface area contributed by atoms with Crippen molar-refractivity contribution in [2.24, 2.45) is 0 Å². The molecule has 54 valence electrons. The molecule has 0 amide bonds. The summed E-state index contributed by atoms with van der Waals surface area (Å²) in [6.07, 6.45) is -10.5. The molecule has 0 rings (SSSR count). The molecule has 0 aromatic carbocycles. The van der Waals surface area contributed by atoms with Crippen LogP contribution in [0.4, 0.5) is 26.3 Å². The van der Waals surface area contributed by atoms with Gasteiger partial charge in [-0.3, -0.25) is 0 Å². The minimum absolute atomic E-state index is 1.62. The Kier molecular flexibility index (Phi) is 2.03. The Balaban J connectivity index is 3.75. The maximum absolute atomic E-state index is 10.8. The first kappa shape index (κ1) is 8.64. The fourth-order valence-corrected chi connectivity index (χ4v) is 0.186. The van der Waals surface area contributed by atoms with Crippen molar-refractivity contribution in [3.8, 4) is 0 Å². The molecule has 7 heteroatoms. The van der Waals surface area contributed by atoms with Crippen molar-refractivity contribution in [3.05, 3.63) is 0 Å². The van der Waals surface area contributed by atoms with E-state index in [1.807, 2.05) is 0 Å². The molecular formula is C2BF6-. The van der Waals surface area contributed by atoms with Crippen LogP contribution < -0.4 is 0 Å². The van der Waals surface area contributed by atoms with Gasteiger partial charge in [-0.15, -0.1) is 0 Å². The van der Waals surface area contributed by atoms with Crippen molar-refractivity contribution in [1.82, 2.24) is 0 Å². The van der Waals surface area contributed by atoms with Crippen LogP contribution in [0.15, 0.2) is 0 Å². The number of alkyl halides is 6. The standard InChI is InChI=1S/C2BF6/c4-1(5,6)3-2(7,8)9/q-1. The molecule has 0 saturated carbocycles. The third-order valence-corrected chi connectivity index (χ3v) is 0.327. The molecule has 0 bridgehead atoms. The largest absolute Gasteiger partial charge is 0.223 e. The Morgan fingerprint density at radius 1 is 0.667 bits per heavy atom. The maximum atomic E-state index is 10.8. The maximum Gasteiger partial charge on any atom is 0.198 e. The average Bonchev–Trinajstić information content (AvgIpc) is 1.14. The number of hydrogen-bond donors (Lipinski definition) is 0. The average molecular weight is 149 g/mol. The molecular weight excluding hydrogens is 149 g/mol. The molecule has 0 aromatic rings. The molecule has 0 N–H and O–H groups in total. The Morgan fingerprint density at radius 3 is 0.889 bits per heavy atom. The second-order valence-electron chi connectivity index (χ2n) is 1.23. The summed E-state index contributed by atoms with van der Waals surface area (Å²) in [7, 11) is -1.62. The van der Waals surface area contributed by atoms with E-state index in [1.165, 1.54) is 0 Å². The fourth-order valence-electron chi connectivity index (χ4n) is 0.186. The van der Waals surface area contributed by atoms with Crippen molar-refractivity contribution in [2.45, 2.75) is 12.2 Å². The van der Waals surface area contributed by atoms with Gasteiger partial charge in [0.15, 0.2) is 12.2 Å². The van der Waals surface area contributed by atoms with Gasteiger partial charge >= 0.3 is 0 Å². The van der Waals surface area contributed by atoms with E-state index in [1.54, 1.807) is 0 Å². The highest BCUT2D eigenvalue weighted by atomic mass is 19.4. The quantitative estimate of drug-likeness (QED) is 0.363. The van der Waals surface area contributed by atoms with Crippen LogP contribution in [-0.4, -0.2) is 19.4 Å². The predicted molar refractivity (Wildman–Crippen MR) is 17.9 cm³/mol. The molecule has 0 fully saturated rings. The van der Waals surface area contributed by atoms with E-state index in [0.29, 0.717) is 0 Å². The van der Waals surface area contributed by atoms with Crippen molar-refractivity contribution in [3.63, 3.8) is 0 Å². The van der Waals surface area contributed by atoms with Gasteiger partial charge in [0.1, 0.15) is 0 Å². The van der Waals surface area contributed by atoms with E-state index >= 15 is 0 Å². The van der Waals surface area contributed by atoms with Crippen LogP contribution in [0.5, 0.6) is 0 Å². The topological polar surface area (TPSA) is 0 Å². The van der Waals surface area contributed by atoms with Gasteiger partial charge < -0.3 is 0 Å². The SMILES string of the molecule is FC(F)(F)[B-]C(F)(F)F. The molecule has 0 spiro atoms. The van der Waals surface area contributed by atoms with Crippen LogP contribution in [0, 0.1) is 0 Å². The first-order valence-electron chi connectivity index (χ1n) is 1.71. The molecule has 0 saturated heterocycles. The molecule has 0 aliphatic carbocycles. The van der Waals surface area contributed by atoms with Crippen molar-refractivity contribution in [1.29, 1.82) is 0 Å². The molecule has 0 aliphatic heterocycles. The highest BCUT2D eigenvalue weighted by molar-refractivity contribution is 6.40. The van der Waals surface area contributed by atoms with Crippen LogP contribution in [0.1, 0.15) is 0 Å². The van der Waals surface area contributed by atoms with Crippen LogP contribution in [-0.2, 0) is 0 Å². The van der Waals surface area contributed by atoms with Crippen LogP contribution in [0.2, 0.25) is 0 Å². The number of hydrogen-bond acceptors (Lipinski definition) is 0. The lowest BCUT2D eigenvalue weighted by atomic mass is 9.77. The van der Waals surface area contributed by atoms with Crippen LogP contribution in [0.25, 0.3) is 0 Å². The van der Waals surface area contributed by atoms with Gasteiger partial charge in [0.2, 0.25) is 0 Å². The molecule has 0 atom stereocenters. The van der Waals surface area contributed by atoms with Crippen molar-refractivity contribution >= 4 is 7.28 Å². The van der Waals surface area contributed by atoms with Crippen LogP contribution >= 0.6 is 0 Å². The first-order valence-corrected chi connectivity index (χ1v) is 1.71. The third kappa shape index (κ3) is 7.64. The Morgan fingerprint density at radius 2 is 0.889 bits per heavy atom. The normalized spacial score (nSPS) is 14.0. The van der Waals surface area contributed by atoms with E-state index in [-0.39, 0.29) is 0 Å². The number of rotatable bonds is 0. The van der Waals surface area contributed by atoms with Crippen molar-refractivity contribution < 1.29 is 26.3 Å². The highest BCUT2D eigenvalue weighted by Crippen LogP contribution is 2.23. The van der Waals surface area contributed by atoms with E-state index < -0.39 is 19.4 Å². The lowest BCUT2D eigenvalue weighted by molar-refractivity contribution is -0.0955. The van der Waals surface area contributed by atoms with E-state index in [0.717, 1.165) is 0 Å². The minimum Gasteiger partial charge on any atom is -0.223 e. The molecule has 0 aliphatic rings. The summed E-state index contributed by atoms with van der Waals surface area (Å²) in [5.41, 5.74) is 0. The van der Waals surface area contributed by atoms with Gasteiger partial charge in [0.25, 0.3) is 0 Å². The smallest absolute Gasteiger partial charge is 0.198 e. The molecule has 0 nitrogen and oxygen atoms in total. The zero-order chi connectivity index (χ0) is 7.71. The van der Waals surface area contributed by atoms with E-state index in [2.05, 4.69) is 0 Å². The molecule has 9 heavy (non-hydrogen) atoms. The van der Waals surface area contributed by atoms with Gasteiger partial charge in [-0.2, -0.15) is 0 Å².